The van der Waals surface area contributed by atoms with Crippen molar-refractivity contribution in [1.82, 2.24) is 4.90 Å². The second-order valence-electron chi connectivity index (χ2n) is 8.74. The van der Waals surface area contributed by atoms with Gasteiger partial charge in [0.2, 0.25) is 0 Å². The molecule has 6 nitrogen and oxygen atoms in total. The maximum Gasteiger partial charge on any atom is 0.191 e. The van der Waals surface area contributed by atoms with E-state index in [-0.39, 0.29) is 24.8 Å². The van der Waals surface area contributed by atoms with Crippen molar-refractivity contribution in [2.24, 2.45) is 0 Å². The highest BCUT2D eigenvalue weighted by Crippen LogP contribution is 2.27. The first-order chi connectivity index (χ1) is 17.4. The van der Waals surface area contributed by atoms with Crippen molar-refractivity contribution in [3.8, 4) is 11.5 Å². The number of carbonyl (C=O) groups excluding carboxylic acids is 1. The van der Waals surface area contributed by atoms with Crippen molar-refractivity contribution in [2.75, 3.05) is 41.0 Å². The van der Waals surface area contributed by atoms with Crippen LogP contribution in [0.2, 0.25) is 5.02 Å². The first-order valence-corrected chi connectivity index (χ1v) is 12.3. The predicted molar refractivity (Wildman–Crippen MR) is 150 cm³/mol. The topological polar surface area (TPSA) is 68.2 Å². The van der Waals surface area contributed by atoms with Gasteiger partial charge in [-0.3, -0.25) is 4.79 Å². The van der Waals surface area contributed by atoms with Crippen molar-refractivity contribution < 1.29 is 24.1 Å². The van der Waals surface area contributed by atoms with Crippen LogP contribution in [0.4, 0.5) is 0 Å². The van der Waals surface area contributed by atoms with Crippen molar-refractivity contribution in [3.63, 3.8) is 0 Å². The summed E-state index contributed by atoms with van der Waals surface area (Å²) in [6, 6.07) is 22.3. The minimum absolute atomic E-state index is 0. The zero-order valence-electron chi connectivity index (χ0n) is 21.4. The monoisotopic (exact) mass is 547 g/mol. The van der Waals surface area contributed by atoms with E-state index in [1.165, 1.54) is 0 Å². The molecule has 0 saturated carbocycles. The van der Waals surface area contributed by atoms with Gasteiger partial charge >= 0.3 is 0 Å². The van der Waals surface area contributed by atoms with Crippen LogP contribution in [0, 0.1) is 0 Å². The fourth-order valence-electron chi connectivity index (χ4n) is 3.98. The summed E-state index contributed by atoms with van der Waals surface area (Å²) in [5, 5.41) is 11.2. The Morgan fingerprint density at radius 2 is 1.68 bits per heavy atom. The number of aliphatic hydroxyl groups is 1. The molecule has 0 aliphatic heterocycles. The molecular weight excluding hydrogens is 513 g/mol. The van der Waals surface area contributed by atoms with E-state index in [1.54, 1.807) is 32.4 Å². The zero-order chi connectivity index (χ0) is 25.9. The minimum atomic E-state index is -0.745. The number of hydrogen-bond donors (Lipinski definition) is 1. The van der Waals surface area contributed by atoms with Crippen LogP contribution in [0.1, 0.15) is 21.5 Å². The highest BCUT2D eigenvalue weighted by atomic mass is 35.5. The molecule has 0 radical (unpaired) electrons. The Bertz CT molecular complexity index is 1110. The molecule has 8 heteroatoms. The van der Waals surface area contributed by atoms with Gasteiger partial charge in [0.25, 0.3) is 0 Å². The molecule has 37 heavy (non-hydrogen) atoms. The predicted octanol–water partition coefficient (Wildman–Crippen LogP) is 5.13. The third kappa shape index (κ3) is 9.65. The van der Waals surface area contributed by atoms with Crippen LogP contribution in [0.5, 0.6) is 11.5 Å². The van der Waals surface area contributed by atoms with Crippen molar-refractivity contribution in [1.29, 1.82) is 0 Å². The lowest BCUT2D eigenvalue weighted by Gasteiger charge is -2.23. The van der Waals surface area contributed by atoms with Gasteiger partial charge in [-0.15, -0.1) is 12.4 Å². The maximum absolute atomic E-state index is 13.2. The van der Waals surface area contributed by atoms with Crippen molar-refractivity contribution >= 4 is 29.8 Å². The molecule has 0 fully saturated rings. The van der Waals surface area contributed by atoms with E-state index >= 15 is 0 Å². The highest BCUT2D eigenvalue weighted by Gasteiger charge is 2.23. The van der Waals surface area contributed by atoms with Gasteiger partial charge < -0.3 is 24.2 Å². The molecule has 3 aromatic carbocycles. The number of likely N-dealkylation sites (N-methyl/N-ethyl adjacent to an activating group) is 1. The van der Waals surface area contributed by atoms with Gasteiger partial charge in [-0.1, -0.05) is 60.1 Å². The molecule has 2 unspecified atom stereocenters. The van der Waals surface area contributed by atoms with Gasteiger partial charge in [-0.05, 0) is 48.9 Å². The van der Waals surface area contributed by atoms with Gasteiger partial charge in [0.1, 0.15) is 6.10 Å². The number of nitrogens with zero attached hydrogens (tertiary/aromatic N) is 1. The molecule has 0 aliphatic rings. The zero-order valence-corrected chi connectivity index (χ0v) is 23.0. The molecule has 1 N–H and O–H groups in total. The van der Waals surface area contributed by atoms with E-state index < -0.39 is 12.2 Å². The van der Waals surface area contributed by atoms with E-state index in [9.17, 15) is 9.90 Å². The summed E-state index contributed by atoms with van der Waals surface area (Å²) in [5.41, 5.74) is 2.59. The van der Waals surface area contributed by atoms with Crippen molar-refractivity contribution in [3.05, 3.63) is 94.5 Å². The molecule has 0 aromatic heterocycles. The molecule has 3 aromatic rings. The molecule has 0 aliphatic carbocycles. The van der Waals surface area contributed by atoms with Crippen LogP contribution in [0.15, 0.2) is 72.8 Å². The average molecular weight is 549 g/mol. The average Bonchev–Trinajstić information content (AvgIpc) is 2.89. The molecule has 200 valence electrons. The Labute approximate surface area is 230 Å². The molecule has 3 rings (SSSR count). The lowest BCUT2D eigenvalue weighted by atomic mass is 10.00. The second kappa shape index (κ2) is 15.6. The summed E-state index contributed by atoms with van der Waals surface area (Å²) in [6.07, 6.45) is -0.312. The van der Waals surface area contributed by atoms with Crippen molar-refractivity contribution in [2.45, 2.75) is 25.0 Å². The number of benzene rings is 3. The number of rotatable bonds is 14. The summed E-state index contributed by atoms with van der Waals surface area (Å²) in [5.74, 6) is 1.27. The number of ketones is 1. The summed E-state index contributed by atoms with van der Waals surface area (Å²) in [7, 11) is 5.18. The first-order valence-electron chi connectivity index (χ1n) is 11.9. The molecule has 2 atom stereocenters. The smallest absolute Gasteiger partial charge is 0.191 e. The van der Waals surface area contributed by atoms with Crippen LogP contribution < -0.4 is 9.47 Å². The molecule has 0 spiro atoms. The van der Waals surface area contributed by atoms with Crippen LogP contribution >= 0.6 is 24.0 Å². The normalized spacial score (nSPS) is 12.5. The second-order valence-corrected chi connectivity index (χ2v) is 9.18. The van der Waals surface area contributed by atoms with Crippen LogP contribution in [0.3, 0.4) is 0 Å². The maximum atomic E-state index is 13.2. The van der Waals surface area contributed by atoms with E-state index in [2.05, 4.69) is 0 Å². The van der Waals surface area contributed by atoms with Gasteiger partial charge in [0, 0.05) is 30.1 Å². The van der Waals surface area contributed by atoms with Gasteiger partial charge in [-0.25, -0.2) is 0 Å². The molecule has 0 saturated heterocycles. The van der Waals surface area contributed by atoms with Gasteiger partial charge in [0.05, 0.1) is 26.9 Å². The number of hydrogen-bond acceptors (Lipinski definition) is 6. The summed E-state index contributed by atoms with van der Waals surface area (Å²) < 4.78 is 16.6. The number of halogens is 2. The standard InChI is InChI=1S/C29H34ClNO5.ClH/c1-31(15-14-21-12-13-26(34-2)27(17-21)35-3)19-25(32)20-36-28(18-22-8-7-11-24(30)16-22)29(33)23-9-5-4-6-10-23;/h4-13,16-17,25,28,32H,14-15,18-20H2,1-3H3;1H. The third-order valence-corrected chi connectivity index (χ3v) is 6.14. The Hall–Kier alpha value is -2.61. The largest absolute Gasteiger partial charge is 0.493 e. The van der Waals surface area contributed by atoms with Gasteiger partial charge in [-0.2, -0.15) is 0 Å². The SMILES string of the molecule is COc1ccc(CCN(C)CC(O)COC(Cc2cccc(Cl)c2)C(=O)c2ccccc2)cc1OC.Cl. The van der Waals surface area contributed by atoms with E-state index in [0.29, 0.717) is 35.1 Å². The van der Waals surface area contributed by atoms with Crippen LogP contribution in [-0.4, -0.2) is 69.0 Å². The summed E-state index contributed by atoms with van der Waals surface area (Å²) in [4.78, 5) is 15.2. The molecule has 0 bridgehead atoms. The fraction of sp³-hybridized carbons (Fsp3) is 0.345. The van der Waals surface area contributed by atoms with Crippen LogP contribution in [0.25, 0.3) is 0 Å². The first kappa shape index (κ1) is 30.6. The summed E-state index contributed by atoms with van der Waals surface area (Å²) in [6.45, 7) is 1.20. The lowest BCUT2D eigenvalue weighted by molar-refractivity contribution is -0.0110. The Morgan fingerprint density at radius 3 is 2.35 bits per heavy atom. The van der Waals surface area contributed by atoms with E-state index in [0.717, 1.165) is 24.1 Å². The quantitative estimate of drug-likeness (QED) is 0.282. The summed E-state index contributed by atoms with van der Waals surface area (Å²) >= 11 is 6.13. The molecule has 0 amide bonds. The number of carbonyl (C=O) groups is 1. The number of Topliss-reactive ketones (excluding diaryl/α,β-unsaturated/α-hetero) is 1. The lowest BCUT2D eigenvalue weighted by Crippen LogP contribution is -2.36. The molecule has 0 heterocycles. The van der Waals surface area contributed by atoms with Crippen LogP contribution in [-0.2, 0) is 17.6 Å². The fourth-order valence-corrected chi connectivity index (χ4v) is 4.19. The number of ether oxygens (including phenoxy) is 3. The highest BCUT2D eigenvalue weighted by molar-refractivity contribution is 6.30. The minimum Gasteiger partial charge on any atom is -0.493 e. The van der Waals surface area contributed by atoms with E-state index in [4.69, 9.17) is 25.8 Å². The molecular formula is C29H35Cl2NO5. The van der Waals surface area contributed by atoms with E-state index in [1.807, 2.05) is 66.5 Å². The number of methoxy groups -OCH3 is 2. The Balaban J connectivity index is 0.00000481. The Kier molecular flexibility index (Phi) is 12.9. The Morgan fingerprint density at radius 1 is 0.946 bits per heavy atom. The van der Waals surface area contributed by atoms with Gasteiger partial charge in [0.15, 0.2) is 17.3 Å². The third-order valence-electron chi connectivity index (χ3n) is 5.90. The number of aliphatic hydroxyl groups excluding tert-OH is 1.